The van der Waals surface area contributed by atoms with E-state index in [1.807, 2.05) is 20.8 Å². The van der Waals surface area contributed by atoms with E-state index in [0.717, 1.165) is 19.3 Å². The van der Waals surface area contributed by atoms with Gasteiger partial charge < -0.3 is 14.0 Å². The molecular formula is C12H28BLiO3. The summed E-state index contributed by atoms with van der Waals surface area (Å²) >= 11 is 0. The molecule has 3 atom stereocenters. The van der Waals surface area contributed by atoms with E-state index >= 15 is 0 Å². The molecule has 0 aliphatic heterocycles. The average molecular weight is 238 g/mol. The van der Waals surface area contributed by atoms with Gasteiger partial charge in [-0.1, -0.05) is 20.8 Å². The summed E-state index contributed by atoms with van der Waals surface area (Å²) in [5.41, 5.74) is 0. The van der Waals surface area contributed by atoms with Gasteiger partial charge in [0.1, 0.15) is 0 Å². The molecule has 0 heterocycles. The minimum absolute atomic E-state index is 0. The number of rotatable bonds is 9. The van der Waals surface area contributed by atoms with E-state index in [-0.39, 0.29) is 37.2 Å². The Kier molecular flexibility index (Phi) is 13.6. The predicted octanol–water partition coefficient (Wildman–Crippen LogP) is 2.77. The zero-order valence-electron chi connectivity index (χ0n) is 11.7. The summed E-state index contributed by atoms with van der Waals surface area (Å²) in [4.78, 5) is 0. The summed E-state index contributed by atoms with van der Waals surface area (Å²) in [6, 6.07) is 0. The number of hydrogen-bond donors (Lipinski definition) is 0. The Hall–Kier alpha value is 0.542. The van der Waals surface area contributed by atoms with Crippen molar-refractivity contribution in [3.8, 4) is 0 Å². The third-order valence-corrected chi connectivity index (χ3v) is 2.76. The Bertz CT molecular complexity index is 143. The second kappa shape index (κ2) is 11.6. The molecule has 0 aromatic heterocycles. The molecule has 0 bridgehead atoms. The number of hydrogen-bond acceptors (Lipinski definition) is 3. The van der Waals surface area contributed by atoms with Crippen molar-refractivity contribution in [1.29, 1.82) is 0 Å². The van der Waals surface area contributed by atoms with Gasteiger partial charge in [0.25, 0.3) is 0 Å². The zero-order valence-corrected chi connectivity index (χ0v) is 11.7. The normalized spacial score (nSPS) is 15.9. The van der Waals surface area contributed by atoms with Crippen LogP contribution in [0.4, 0.5) is 0 Å². The predicted molar refractivity (Wildman–Crippen MR) is 75.4 cm³/mol. The van der Waals surface area contributed by atoms with Crippen molar-refractivity contribution >= 4 is 26.2 Å². The van der Waals surface area contributed by atoms with Gasteiger partial charge in [-0.05, 0) is 40.0 Å². The third-order valence-electron chi connectivity index (χ3n) is 2.76. The first-order chi connectivity index (χ1) is 7.53. The average Bonchev–Trinajstić information content (AvgIpc) is 2.28. The zero-order chi connectivity index (χ0) is 12.6. The summed E-state index contributed by atoms with van der Waals surface area (Å²) in [6.45, 7) is 12.4. The molecule has 0 rings (SSSR count). The second-order valence-corrected chi connectivity index (χ2v) is 4.35. The monoisotopic (exact) mass is 238 g/mol. The van der Waals surface area contributed by atoms with E-state index in [4.69, 9.17) is 14.0 Å². The van der Waals surface area contributed by atoms with Gasteiger partial charge in [-0.2, -0.15) is 0 Å². The SMILES string of the molecule is CCC(C)OB(OC(C)CC)OC(C)CC.[LiH]. The molecule has 0 aromatic rings. The molecule has 0 amide bonds. The Morgan fingerprint density at radius 3 is 1.12 bits per heavy atom. The Labute approximate surface area is 119 Å². The molecule has 0 aliphatic rings. The van der Waals surface area contributed by atoms with Crippen LogP contribution in [-0.4, -0.2) is 44.5 Å². The van der Waals surface area contributed by atoms with Crippen molar-refractivity contribution in [3.05, 3.63) is 0 Å². The first-order valence-corrected chi connectivity index (χ1v) is 6.49. The first-order valence-electron chi connectivity index (χ1n) is 6.49. The molecule has 3 nitrogen and oxygen atoms in total. The van der Waals surface area contributed by atoms with E-state index < -0.39 is 7.32 Å². The summed E-state index contributed by atoms with van der Waals surface area (Å²) in [6.07, 6.45) is 3.38. The summed E-state index contributed by atoms with van der Waals surface area (Å²) in [7, 11) is -0.528. The van der Waals surface area contributed by atoms with E-state index in [9.17, 15) is 0 Å². The topological polar surface area (TPSA) is 27.7 Å². The van der Waals surface area contributed by atoms with Crippen molar-refractivity contribution in [2.45, 2.75) is 79.1 Å². The van der Waals surface area contributed by atoms with Crippen molar-refractivity contribution in [1.82, 2.24) is 0 Å². The quantitative estimate of drug-likeness (QED) is 0.578. The van der Waals surface area contributed by atoms with Gasteiger partial charge in [0, 0.05) is 18.3 Å². The van der Waals surface area contributed by atoms with Crippen LogP contribution in [0.25, 0.3) is 0 Å². The molecule has 0 aromatic carbocycles. The van der Waals surface area contributed by atoms with Crippen LogP contribution < -0.4 is 0 Å². The van der Waals surface area contributed by atoms with Crippen LogP contribution in [-0.2, 0) is 14.0 Å². The standard InChI is InChI=1S/C12H27BO3.Li.H/c1-7-10(4)14-13(15-11(5)8-2)16-12(6)9-3;;/h10-12H,7-9H2,1-6H3;;. The Morgan fingerprint density at radius 2 is 0.941 bits per heavy atom. The molecule has 0 fully saturated rings. The van der Waals surface area contributed by atoms with Crippen molar-refractivity contribution in [2.24, 2.45) is 0 Å². The van der Waals surface area contributed by atoms with Crippen LogP contribution in [0.5, 0.6) is 0 Å². The van der Waals surface area contributed by atoms with E-state index in [0.29, 0.717) is 0 Å². The van der Waals surface area contributed by atoms with Crippen LogP contribution >= 0.6 is 0 Å². The summed E-state index contributed by atoms with van der Waals surface area (Å²) < 4.78 is 17.1. The van der Waals surface area contributed by atoms with Gasteiger partial charge in [-0.15, -0.1) is 0 Å². The first kappa shape index (κ1) is 19.9. The van der Waals surface area contributed by atoms with E-state index in [2.05, 4.69) is 20.8 Å². The molecule has 17 heavy (non-hydrogen) atoms. The van der Waals surface area contributed by atoms with Gasteiger partial charge in [-0.25, -0.2) is 0 Å². The maximum absolute atomic E-state index is 5.70. The van der Waals surface area contributed by atoms with Crippen LogP contribution in [0.15, 0.2) is 0 Å². The molecule has 0 saturated heterocycles. The summed E-state index contributed by atoms with van der Waals surface area (Å²) in [5, 5.41) is 0. The molecule has 0 aliphatic carbocycles. The fourth-order valence-corrected chi connectivity index (χ4v) is 0.954. The van der Waals surface area contributed by atoms with Crippen molar-refractivity contribution in [3.63, 3.8) is 0 Å². The minimum atomic E-state index is -0.528. The fourth-order valence-electron chi connectivity index (χ4n) is 0.954. The second-order valence-electron chi connectivity index (χ2n) is 4.35. The molecule has 5 heteroatoms. The van der Waals surface area contributed by atoms with E-state index in [1.165, 1.54) is 0 Å². The van der Waals surface area contributed by atoms with Gasteiger partial charge in [0.2, 0.25) is 0 Å². The molecule has 0 radical (unpaired) electrons. The molecule has 0 N–H and O–H groups in total. The van der Waals surface area contributed by atoms with Gasteiger partial charge in [0.15, 0.2) is 0 Å². The Morgan fingerprint density at radius 1 is 0.706 bits per heavy atom. The van der Waals surface area contributed by atoms with Crippen LogP contribution in [0.2, 0.25) is 0 Å². The van der Waals surface area contributed by atoms with Crippen LogP contribution in [0.1, 0.15) is 60.8 Å². The molecular weight excluding hydrogens is 210 g/mol. The van der Waals surface area contributed by atoms with Gasteiger partial charge in [-0.3, -0.25) is 0 Å². The molecule has 98 valence electrons. The van der Waals surface area contributed by atoms with Crippen LogP contribution in [0.3, 0.4) is 0 Å². The van der Waals surface area contributed by atoms with Crippen LogP contribution in [0, 0.1) is 0 Å². The maximum atomic E-state index is 5.70. The van der Waals surface area contributed by atoms with Gasteiger partial charge in [0.05, 0.1) is 0 Å². The summed E-state index contributed by atoms with van der Waals surface area (Å²) in [5.74, 6) is 0. The molecule has 0 spiro atoms. The van der Waals surface area contributed by atoms with Gasteiger partial charge >= 0.3 is 26.2 Å². The molecule has 3 unspecified atom stereocenters. The van der Waals surface area contributed by atoms with Crippen molar-refractivity contribution in [2.75, 3.05) is 0 Å². The fraction of sp³-hybridized carbons (Fsp3) is 1.00. The Balaban J connectivity index is 0. The third kappa shape index (κ3) is 10.2. The molecule has 0 saturated carbocycles. The van der Waals surface area contributed by atoms with Crippen molar-refractivity contribution < 1.29 is 14.0 Å². The van der Waals surface area contributed by atoms with E-state index in [1.54, 1.807) is 0 Å².